The highest BCUT2D eigenvalue weighted by Gasteiger charge is 2.09. The van der Waals surface area contributed by atoms with Crippen molar-refractivity contribution >= 4 is 5.69 Å². The van der Waals surface area contributed by atoms with Gasteiger partial charge in [0.15, 0.2) is 0 Å². The second-order valence-corrected chi connectivity index (χ2v) is 5.41. The molecule has 1 saturated heterocycles. The summed E-state index contributed by atoms with van der Waals surface area (Å²) in [6, 6.07) is 8.54. The smallest absolute Gasteiger partial charge is 0.119 e. The van der Waals surface area contributed by atoms with E-state index in [1.54, 1.807) is 0 Å². The Kier molecular flexibility index (Phi) is 5.52. The highest BCUT2D eigenvalue weighted by atomic mass is 16.5. The standard InChI is InChI=1S/C16H26N2O/c1-3-14(2)13-19-16-7-5-15(6-8-16)18-11-4-9-17-10-12-18/h5-8,14,17H,3-4,9-13H2,1-2H3. The Morgan fingerprint density at radius 3 is 2.74 bits per heavy atom. The van der Waals surface area contributed by atoms with Gasteiger partial charge in [-0.15, -0.1) is 0 Å². The van der Waals surface area contributed by atoms with Gasteiger partial charge < -0.3 is 15.0 Å². The fraction of sp³-hybridized carbons (Fsp3) is 0.625. The summed E-state index contributed by atoms with van der Waals surface area (Å²) in [7, 11) is 0. The number of nitrogens with one attached hydrogen (secondary N) is 1. The molecule has 1 aliphatic heterocycles. The van der Waals surface area contributed by atoms with Gasteiger partial charge in [-0.2, -0.15) is 0 Å². The number of nitrogens with zero attached hydrogens (tertiary/aromatic N) is 1. The topological polar surface area (TPSA) is 24.5 Å². The number of hydrogen-bond donors (Lipinski definition) is 1. The number of anilines is 1. The van der Waals surface area contributed by atoms with E-state index in [1.807, 2.05) is 0 Å². The molecule has 0 radical (unpaired) electrons. The van der Waals surface area contributed by atoms with Crippen LogP contribution in [0, 0.1) is 5.92 Å². The third kappa shape index (κ3) is 4.43. The number of ether oxygens (including phenoxy) is 1. The summed E-state index contributed by atoms with van der Waals surface area (Å²) in [6.45, 7) is 9.67. The number of benzene rings is 1. The van der Waals surface area contributed by atoms with Crippen molar-refractivity contribution in [1.29, 1.82) is 0 Å². The largest absolute Gasteiger partial charge is 0.493 e. The van der Waals surface area contributed by atoms with Gasteiger partial charge in [0.25, 0.3) is 0 Å². The van der Waals surface area contributed by atoms with E-state index in [0.717, 1.165) is 38.5 Å². The van der Waals surface area contributed by atoms with Crippen molar-refractivity contribution in [3.05, 3.63) is 24.3 Å². The van der Waals surface area contributed by atoms with E-state index in [1.165, 1.54) is 18.5 Å². The van der Waals surface area contributed by atoms with Gasteiger partial charge in [-0.3, -0.25) is 0 Å². The summed E-state index contributed by atoms with van der Waals surface area (Å²) in [5.41, 5.74) is 1.31. The minimum Gasteiger partial charge on any atom is -0.493 e. The van der Waals surface area contributed by atoms with Crippen LogP contribution in [0.3, 0.4) is 0 Å². The van der Waals surface area contributed by atoms with Crippen molar-refractivity contribution in [2.24, 2.45) is 5.92 Å². The number of hydrogen-bond acceptors (Lipinski definition) is 3. The lowest BCUT2D eigenvalue weighted by Crippen LogP contribution is -2.27. The average Bonchev–Trinajstić information content (AvgIpc) is 2.74. The van der Waals surface area contributed by atoms with Crippen LogP contribution in [0.25, 0.3) is 0 Å². The van der Waals surface area contributed by atoms with E-state index < -0.39 is 0 Å². The van der Waals surface area contributed by atoms with Crippen LogP contribution < -0.4 is 15.0 Å². The zero-order chi connectivity index (χ0) is 13.5. The fourth-order valence-electron chi connectivity index (χ4n) is 2.21. The molecule has 1 aromatic carbocycles. The van der Waals surface area contributed by atoms with E-state index >= 15 is 0 Å². The van der Waals surface area contributed by atoms with Gasteiger partial charge in [0.1, 0.15) is 5.75 Å². The van der Waals surface area contributed by atoms with Crippen molar-refractivity contribution in [3.63, 3.8) is 0 Å². The van der Waals surface area contributed by atoms with Gasteiger partial charge in [-0.05, 0) is 43.1 Å². The Bertz CT molecular complexity index is 356. The predicted molar refractivity (Wildman–Crippen MR) is 81.1 cm³/mol. The van der Waals surface area contributed by atoms with Gasteiger partial charge in [0.05, 0.1) is 6.61 Å². The van der Waals surface area contributed by atoms with Crippen LogP contribution in [-0.4, -0.2) is 32.8 Å². The molecule has 1 fully saturated rings. The third-order valence-electron chi connectivity index (χ3n) is 3.77. The molecule has 3 nitrogen and oxygen atoms in total. The molecule has 0 amide bonds. The summed E-state index contributed by atoms with van der Waals surface area (Å²) < 4.78 is 5.79. The minimum atomic E-state index is 0.622. The van der Waals surface area contributed by atoms with Crippen LogP contribution in [0.1, 0.15) is 26.7 Å². The van der Waals surface area contributed by atoms with Crippen molar-refractivity contribution in [2.45, 2.75) is 26.7 Å². The monoisotopic (exact) mass is 262 g/mol. The summed E-state index contributed by atoms with van der Waals surface area (Å²) in [5.74, 6) is 1.60. The molecule has 3 heteroatoms. The van der Waals surface area contributed by atoms with Crippen molar-refractivity contribution in [1.82, 2.24) is 5.32 Å². The van der Waals surface area contributed by atoms with Crippen LogP contribution in [0.4, 0.5) is 5.69 Å². The Hall–Kier alpha value is -1.22. The summed E-state index contributed by atoms with van der Waals surface area (Å²) in [6.07, 6.45) is 2.38. The maximum atomic E-state index is 5.79. The van der Waals surface area contributed by atoms with Crippen LogP contribution in [0.15, 0.2) is 24.3 Å². The maximum Gasteiger partial charge on any atom is 0.119 e. The lowest BCUT2D eigenvalue weighted by Gasteiger charge is -2.22. The van der Waals surface area contributed by atoms with E-state index in [9.17, 15) is 0 Å². The molecule has 1 atom stereocenters. The molecule has 19 heavy (non-hydrogen) atoms. The van der Waals surface area contributed by atoms with Crippen molar-refractivity contribution in [2.75, 3.05) is 37.7 Å². The van der Waals surface area contributed by atoms with Crippen LogP contribution in [-0.2, 0) is 0 Å². The third-order valence-corrected chi connectivity index (χ3v) is 3.77. The number of rotatable bonds is 5. The average molecular weight is 262 g/mol. The normalized spacial score (nSPS) is 17.9. The minimum absolute atomic E-state index is 0.622. The van der Waals surface area contributed by atoms with Gasteiger partial charge in [-0.25, -0.2) is 0 Å². The first-order chi connectivity index (χ1) is 9.29. The zero-order valence-corrected chi connectivity index (χ0v) is 12.2. The van der Waals surface area contributed by atoms with Crippen LogP contribution >= 0.6 is 0 Å². The first kappa shape index (κ1) is 14.2. The molecule has 1 unspecified atom stereocenters. The van der Waals surface area contributed by atoms with Gasteiger partial charge >= 0.3 is 0 Å². The molecular formula is C16H26N2O. The summed E-state index contributed by atoms with van der Waals surface area (Å²) in [5, 5.41) is 3.43. The van der Waals surface area contributed by atoms with E-state index in [-0.39, 0.29) is 0 Å². The van der Waals surface area contributed by atoms with Crippen LogP contribution in [0.5, 0.6) is 5.75 Å². The Labute approximate surface area is 116 Å². The zero-order valence-electron chi connectivity index (χ0n) is 12.2. The quantitative estimate of drug-likeness (QED) is 0.883. The molecule has 2 rings (SSSR count). The predicted octanol–water partition coefficient (Wildman–Crippen LogP) is 2.91. The summed E-state index contributed by atoms with van der Waals surface area (Å²) >= 11 is 0. The molecule has 0 spiro atoms. The molecule has 0 aromatic heterocycles. The van der Waals surface area contributed by atoms with Crippen LogP contribution in [0.2, 0.25) is 0 Å². The van der Waals surface area contributed by atoms with Gasteiger partial charge in [-0.1, -0.05) is 20.3 Å². The lowest BCUT2D eigenvalue weighted by molar-refractivity contribution is 0.256. The molecule has 0 aliphatic carbocycles. The molecule has 1 aromatic rings. The molecule has 1 aliphatic rings. The van der Waals surface area contributed by atoms with Gasteiger partial charge in [0, 0.05) is 25.3 Å². The molecule has 1 heterocycles. The highest BCUT2D eigenvalue weighted by Crippen LogP contribution is 2.20. The summed E-state index contributed by atoms with van der Waals surface area (Å²) in [4.78, 5) is 2.44. The lowest BCUT2D eigenvalue weighted by atomic mass is 10.1. The van der Waals surface area contributed by atoms with E-state index in [2.05, 4.69) is 48.3 Å². The molecule has 106 valence electrons. The van der Waals surface area contributed by atoms with Crippen molar-refractivity contribution in [3.8, 4) is 5.75 Å². The second kappa shape index (κ2) is 7.39. The molecule has 0 saturated carbocycles. The molecule has 0 bridgehead atoms. The van der Waals surface area contributed by atoms with E-state index in [0.29, 0.717) is 5.92 Å². The SMILES string of the molecule is CCC(C)COc1ccc(N2CCCNCC2)cc1. The Balaban J connectivity index is 1.89. The first-order valence-electron chi connectivity index (χ1n) is 7.48. The Morgan fingerprint density at radius 1 is 1.21 bits per heavy atom. The van der Waals surface area contributed by atoms with Crippen molar-refractivity contribution < 1.29 is 4.74 Å². The van der Waals surface area contributed by atoms with Gasteiger partial charge in [0.2, 0.25) is 0 Å². The first-order valence-corrected chi connectivity index (χ1v) is 7.48. The Morgan fingerprint density at radius 2 is 2.00 bits per heavy atom. The highest BCUT2D eigenvalue weighted by molar-refractivity contribution is 5.49. The molecular weight excluding hydrogens is 236 g/mol. The molecule has 1 N–H and O–H groups in total. The second-order valence-electron chi connectivity index (χ2n) is 5.41. The maximum absolute atomic E-state index is 5.79. The fourth-order valence-corrected chi connectivity index (χ4v) is 2.21. The van der Waals surface area contributed by atoms with E-state index in [4.69, 9.17) is 4.74 Å².